The standard InChI is InChI=1S/C24H27N3O4/c1-4-15-27-16(3)20(23(29)31-5-2)21(26-24(27)30)17-11-13-19(14-12-17)25-22(28)18-9-7-6-8-10-18/h6-14,21H,4-5,15H2,1-3H3,(H,25,28)(H,26,30)/t21-/m0/s1. The molecule has 0 saturated heterocycles. The monoisotopic (exact) mass is 421 g/mol. The number of carbonyl (C=O) groups excluding carboxylic acids is 3. The van der Waals surface area contributed by atoms with E-state index < -0.39 is 12.0 Å². The van der Waals surface area contributed by atoms with Crippen molar-refractivity contribution < 1.29 is 19.1 Å². The Hall–Kier alpha value is -3.61. The Morgan fingerprint density at radius 3 is 2.35 bits per heavy atom. The minimum absolute atomic E-state index is 0.211. The quantitative estimate of drug-likeness (QED) is 0.654. The summed E-state index contributed by atoms with van der Waals surface area (Å²) in [7, 11) is 0. The van der Waals surface area contributed by atoms with Crippen LogP contribution in [0.1, 0.15) is 49.2 Å². The molecule has 0 bridgehead atoms. The van der Waals surface area contributed by atoms with Gasteiger partial charge in [-0.15, -0.1) is 0 Å². The van der Waals surface area contributed by atoms with Crippen LogP contribution in [0.15, 0.2) is 65.9 Å². The Bertz CT molecular complexity index is 984. The van der Waals surface area contributed by atoms with Gasteiger partial charge in [0.05, 0.1) is 18.2 Å². The lowest BCUT2D eigenvalue weighted by Gasteiger charge is -2.35. The number of carbonyl (C=O) groups is 3. The van der Waals surface area contributed by atoms with E-state index in [1.54, 1.807) is 67.3 Å². The number of hydrogen-bond acceptors (Lipinski definition) is 4. The first-order valence-corrected chi connectivity index (χ1v) is 10.4. The number of nitrogens with one attached hydrogen (secondary N) is 2. The summed E-state index contributed by atoms with van der Waals surface area (Å²) < 4.78 is 5.26. The first-order chi connectivity index (χ1) is 15.0. The van der Waals surface area contributed by atoms with E-state index in [-0.39, 0.29) is 18.5 Å². The topological polar surface area (TPSA) is 87.7 Å². The first kappa shape index (κ1) is 22.1. The maximum Gasteiger partial charge on any atom is 0.338 e. The highest BCUT2D eigenvalue weighted by Gasteiger charge is 2.36. The zero-order valence-electron chi connectivity index (χ0n) is 18.0. The van der Waals surface area contributed by atoms with Gasteiger partial charge in [0.1, 0.15) is 0 Å². The Morgan fingerprint density at radius 2 is 1.74 bits per heavy atom. The van der Waals surface area contributed by atoms with Crippen LogP contribution in [0.2, 0.25) is 0 Å². The first-order valence-electron chi connectivity index (χ1n) is 10.4. The van der Waals surface area contributed by atoms with Crippen molar-refractivity contribution in [3.05, 3.63) is 77.0 Å². The molecule has 7 heteroatoms. The van der Waals surface area contributed by atoms with Gasteiger partial charge in [0.25, 0.3) is 5.91 Å². The van der Waals surface area contributed by atoms with Gasteiger partial charge in [-0.1, -0.05) is 37.3 Å². The molecule has 2 N–H and O–H groups in total. The fourth-order valence-electron chi connectivity index (χ4n) is 3.55. The second-order valence-corrected chi connectivity index (χ2v) is 7.20. The smallest absolute Gasteiger partial charge is 0.338 e. The number of amides is 3. The molecule has 1 aliphatic rings. The third kappa shape index (κ3) is 4.94. The normalized spacial score (nSPS) is 16.0. The van der Waals surface area contributed by atoms with Crippen LogP contribution in [-0.2, 0) is 9.53 Å². The van der Waals surface area contributed by atoms with Crippen molar-refractivity contribution in [1.82, 2.24) is 10.2 Å². The van der Waals surface area contributed by atoms with Gasteiger partial charge >= 0.3 is 12.0 Å². The number of allylic oxidation sites excluding steroid dienone is 1. The van der Waals surface area contributed by atoms with Crippen molar-refractivity contribution in [2.45, 2.75) is 33.2 Å². The minimum atomic E-state index is -0.626. The third-order valence-electron chi connectivity index (χ3n) is 5.08. The maximum absolute atomic E-state index is 12.7. The van der Waals surface area contributed by atoms with Gasteiger partial charge in [0, 0.05) is 23.5 Å². The van der Waals surface area contributed by atoms with E-state index in [4.69, 9.17) is 4.74 Å². The van der Waals surface area contributed by atoms with Crippen molar-refractivity contribution in [2.24, 2.45) is 0 Å². The molecule has 0 saturated carbocycles. The number of urea groups is 1. The van der Waals surface area contributed by atoms with Gasteiger partial charge in [0.15, 0.2) is 0 Å². The summed E-state index contributed by atoms with van der Waals surface area (Å²) in [5.41, 5.74) is 2.91. The Morgan fingerprint density at radius 1 is 1.06 bits per heavy atom. The minimum Gasteiger partial charge on any atom is -0.463 e. The van der Waals surface area contributed by atoms with Crippen molar-refractivity contribution in [1.29, 1.82) is 0 Å². The molecule has 2 aromatic rings. The molecule has 0 radical (unpaired) electrons. The van der Waals surface area contributed by atoms with Crippen LogP contribution in [0.3, 0.4) is 0 Å². The molecule has 1 aliphatic heterocycles. The summed E-state index contributed by atoms with van der Waals surface area (Å²) in [5, 5.41) is 5.76. The molecule has 7 nitrogen and oxygen atoms in total. The second kappa shape index (κ2) is 9.93. The van der Waals surface area contributed by atoms with Crippen molar-refractivity contribution >= 4 is 23.6 Å². The number of nitrogens with zero attached hydrogens (tertiary/aromatic N) is 1. The van der Waals surface area contributed by atoms with Crippen LogP contribution in [0.5, 0.6) is 0 Å². The van der Waals surface area contributed by atoms with E-state index >= 15 is 0 Å². The maximum atomic E-state index is 12.7. The molecule has 1 heterocycles. The lowest BCUT2D eigenvalue weighted by molar-refractivity contribution is -0.139. The van der Waals surface area contributed by atoms with Gasteiger partial charge in [-0.05, 0) is 50.1 Å². The summed E-state index contributed by atoms with van der Waals surface area (Å²) in [6.45, 7) is 6.24. The average Bonchev–Trinajstić information content (AvgIpc) is 2.77. The van der Waals surface area contributed by atoms with Crippen LogP contribution in [0.25, 0.3) is 0 Å². The van der Waals surface area contributed by atoms with E-state index in [1.807, 2.05) is 13.0 Å². The van der Waals surface area contributed by atoms with Crippen LogP contribution < -0.4 is 10.6 Å². The zero-order valence-corrected chi connectivity index (χ0v) is 18.0. The summed E-state index contributed by atoms with van der Waals surface area (Å²) in [6.07, 6.45) is 0.765. The summed E-state index contributed by atoms with van der Waals surface area (Å²) in [4.78, 5) is 39.3. The molecule has 3 amide bonds. The van der Waals surface area contributed by atoms with Gasteiger partial charge in [0.2, 0.25) is 0 Å². The highest BCUT2D eigenvalue weighted by molar-refractivity contribution is 6.04. The van der Waals surface area contributed by atoms with E-state index in [0.717, 1.165) is 12.0 Å². The third-order valence-corrected chi connectivity index (χ3v) is 5.08. The number of hydrogen-bond donors (Lipinski definition) is 2. The molecule has 31 heavy (non-hydrogen) atoms. The molecule has 0 unspecified atom stereocenters. The average molecular weight is 421 g/mol. The molecule has 0 aromatic heterocycles. The van der Waals surface area contributed by atoms with Crippen molar-refractivity contribution in [3.8, 4) is 0 Å². The predicted octanol–water partition coefficient (Wildman–Crippen LogP) is 4.25. The van der Waals surface area contributed by atoms with Crippen LogP contribution in [0, 0.1) is 0 Å². The number of esters is 1. The fourth-order valence-corrected chi connectivity index (χ4v) is 3.55. The highest BCUT2D eigenvalue weighted by atomic mass is 16.5. The molecular formula is C24H27N3O4. The van der Waals surface area contributed by atoms with Gasteiger partial charge in [-0.3, -0.25) is 9.69 Å². The number of anilines is 1. The summed E-state index contributed by atoms with van der Waals surface area (Å²) in [6, 6.07) is 15.1. The van der Waals surface area contributed by atoms with Crippen molar-refractivity contribution in [3.63, 3.8) is 0 Å². The predicted molar refractivity (Wildman–Crippen MR) is 118 cm³/mol. The van der Waals surface area contributed by atoms with Crippen LogP contribution in [0.4, 0.5) is 10.5 Å². The van der Waals surface area contributed by atoms with Crippen LogP contribution in [-0.4, -0.2) is 36.0 Å². The number of ether oxygens (including phenoxy) is 1. The molecule has 0 spiro atoms. The number of rotatable bonds is 7. The summed E-state index contributed by atoms with van der Waals surface area (Å²) in [5.74, 6) is -0.662. The van der Waals surface area contributed by atoms with E-state index in [9.17, 15) is 14.4 Å². The molecule has 2 aromatic carbocycles. The molecule has 1 atom stereocenters. The van der Waals surface area contributed by atoms with E-state index in [0.29, 0.717) is 29.1 Å². The lowest BCUT2D eigenvalue weighted by atomic mass is 9.94. The highest BCUT2D eigenvalue weighted by Crippen LogP contribution is 2.32. The van der Waals surface area contributed by atoms with Gasteiger partial charge in [-0.25, -0.2) is 9.59 Å². The Kier molecular flexibility index (Phi) is 7.07. The molecule has 0 aliphatic carbocycles. The molecule has 3 rings (SSSR count). The Balaban J connectivity index is 1.86. The van der Waals surface area contributed by atoms with Crippen molar-refractivity contribution in [2.75, 3.05) is 18.5 Å². The second-order valence-electron chi connectivity index (χ2n) is 7.20. The van der Waals surface area contributed by atoms with Gasteiger partial charge < -0.3 is 15.4 Å². The lowest BCUT2D eigenvalue weighted by Crippen LogP contribution is -2.48. The Labute approximate surface area is 182 Å². The fraction of sp³-hybridized carbons (Fsp3) is 0.292. The molecular weight excluding hydrogens is 394 g/mol. The van der Waals surface area contributed by atoms with Gasteiger partial charge in [-0.2, -0.15) is 0 Å². The SMILES string of the molecule is CCCN1C(=O)N[C@@H](c2ccc(NC(=O)c3ccccc3)cc2)C(C(=O)OCC)=C1C. The largest absolute Gasteiger partial charge is 0.463 e. The zero-order chi connectivity index (χ0) is 22.4. The molecule has 162 valence electrons. The number of benzene rings is 2. The van der Waals surface area contributed by atoms with E-state index in [1.165, 1.54) is 0 Å². The molecule has 0 fully saturated rings. The van der Waals surface area contributed by atoms with Crippen LogP contribution >= 0.6 is 0 Å². The summed E-state index contributed by atoms with van der Waals surface area (Å²) >= 11 is 0. The van der Waals surface area contributed by atoms with E-state index in [2.05, 4.69) is 10.6 Å².